The number of hydrogen-bond acceptors (Lipinski definition) is 3. The van der Waals surface area contributed by atoms with Crippen LogP contribution in [-0.4, -0.2) is 22.5 Å². The number of carbonyl (C=O) groups is 1. The Balaban J connectivity index is 2.52. The van der Waals surface area contributed by atoms with Gasteiger partial charge >= 0.3 is 0 Å². The van der Waals surface area contributed by atoms with E-state index >= 15 is 0 Å². The number of rotatable bonds is 3. The minimum Gasteiger partial charge on any atom is -0.330 e. The fraction of sp³-hybridized carbons (Fsp3) is 0.200. The number of nitrogens with one attached hydrogen (secondary N) is 1. The number of nitrogens with zero attached hydrogens (tertiary/aromatic N) is 1. The Kier molecular flexibility index (Phi) is 2.47. The summed E-state index contributed by atoms with van der Waals surface area (Å²) in [6.07, 6.45) is 0.219. The molecule has 15 heavy (non-hydrogen) atoms. The van der Waals surface area contributed by atoms with Gasteiger partial charge in [0.25, 0.3) is 0 Å². The highest BCUT2D eigenvalue weighted by Gasteiger charge is 2.13. The van der Waals surface area contributed by atoms with E-state index in [1.54, 1.807) is 6.07 Å². The molecule has 1 aromatic heterocycles. The van der Waals surface area contributed by atoms with Crippen molar-refractivity contribution in [3.8, 4) is 0 Å². The molecule has 0 amide bonds. The minimum atomic E-state index is -0.384. The first-order valence-electron chi connectivity index (χ1n) is 4.59. The van der Waals surface area contributed by atoms with E-state index in [-0.39, 0.29) is 30.3 Å². The molecule has 1 aromatic carbocycles. The molecule has 0 aliphatic heterocycles. The molecular formula is C10H10FN3O. The molecule has 0 bridgehead atoms. The maximum Gasteiger partial charge on any atom is 0.184 e. The summed E-state index contributed by atoms with van der Waals surface area (Å²) in [7, 11) is 0. The largest absolute Gasteiger partial charge is 0.330 e. The van der Waals surface area contributed by atoms with Crippen LogP contribution in [0.2, 0.25) is 0 Å². The van der Waals surface area contributed by atoms with Gasteiger partial charge in [0.15, 0.2) is 5.78 Å². The van der Waals surface area contributed by atoms with E-state index in [9.17, 15) is 9.18 Å². The third-order valence-electron chi connectivity index (χ3n) is 2.16. The predicted molar refractivity (Wildman–Crippen MR) is 54.1 cm³/mol. The molecule has 1 heterocycles. The number of aromatic nitrogens is 2. The summed E-state index contributed by atoms with van der Waals surface area (Å²) in [4.78, 5) is 11.5. The summed E-state index contributed by atoms with van der Waals surface area (Å²) in [5, 5.41) is 7.04. The van der Waals surface area contributed by atoms with Gasteiger partial charge in [0.2, 0.25) is 0 Å². The van der Waals surface area contributed by atoms with Crippen molar-refractivity contribution in [2.24, 2.45) is 5.73 Å². The van der Waals surface area contributed by atoms with Crippen molar-refractivity contribution in [3.63, 3.8) is 0 Å². The Labute approximate surface area is 85.3 Å². The maximum atomic E-state index is 13.0. The Morgan fingerprint density at radius 2 is 2.33 bits per heavy atom. The smallest absolute Gasteiger partial charge is 0.184 e. The SMILES string of the molecule is NCCC(=O)c1n[nH]c2ccc(F)cc12. The molecule has 0 aliphatic rings. The lowest BCUT2D eigenvalue weighted by Gasteiger charge is -1.94. The molecular weight excluding hydrogens is 197 g/mol. The molecule has 5 heteroatoms. The first-order valence-corrected chi connectivity index (χ1v) is 4.59. The average molecular weight is 207 g/mol. The van der Waals surface area contributed by atoms with E-state index in [1.165, 1.54) is 12.1 Å². The van der Waals surface area contributed by atoms with Crippen molar-refractivity contribution in [2.45, 2.75) is 6.42 Å². The first-order chi connectivity index (χ1) is 7.22. The van der Waals surface area contributed by atoms with Gasteiger partial charge in [-0.05, 0) is 24.7 Å². The Bertz CT molecular complexity index is 506. The van der Waals surface area contributed by atoms with Gasteiger partial charge in [-0.1, -0.05) is 0 Å². The van der Waals surface area contributed by atoms with Crippen LogP contribution in [0.5, 0.6) is 0 Å². The second kappa shape index (κ2) is 3.78. The van der Waals surface area contributed by atoms with Crippen molar-refractivity contribution in [1.82, 2.24) is 10.2 Å². The van der Waals surface area contributed by atoms with Crippen LogP contribution in [0, 0.1) is 5.82 Å². The molecule has 2 aromatic rings. The van der Waals surface area contributed by atoms with Crippen molar-refractivity contribution < 1.29 is 9.18 Å². The van der Waals surface area contributed by atoms with Crippen LogP contribution in [0.15, 0.2) is 18.2 Å². The van der Waals surface area contributed by atoms with Crippen LogP contribution < -0.4 is 5.73 Å². The molecule has 78 valence electrons. The molecule has 4 nitrogen and oxygen atoms in total. The molecule has 0 fully saturated rings. The Hall–Kier alpha value is -1.75. The number of hydrogen-bond donors (Lipinski definition) is 2. The number of halogens is 1. The molecule has 0 saturated carbocycles. The van der Waals surface area contributed by atoms with Gasteiger partial charge < -0.3 is 5.73 Å². The van der Waals surface area contributed by atoms with Crippen LogP contribution in [-0.2, 0) is 0 Å². The van der Waals surface area contributed by atoms with Crippen LogP contribution in [0.4, 0.5) is 4.39 Å². The third kappa shape index (κ3) is 1.73. The van der Waals surface area contributed by atoms with Gasteiger partial charge in [-0.25, -0.2) is 4.39 Å². The lowest BCUT2D eigenvalue weighted by molar-refractivity contribution is 0.0982. The number of Topliss-reactive ketones (excluding diaryl/α,β-unsaturated/α-hetero) is 1. The van der Waals surface area contributed by atoms with E-state index in [1.807, 2.05) is 0 Å². The zero-order valence-electron chi connectivity index (χ0n) is 7.96. The normalized spacial score (nSPS) is 10.8. The lowest BCUT2D eigenvalue weighted by Crippen LogP contribution is -2.08. The van der Waals surface area contributed by atoms with Crippen molar-refractivity contribution in [3.05, 3.63) is 29.7 Å². The second-order valence-electron chi connectivity index (χ2n) is 3.22. The number of H-pyrrole nitrogens is 1. The summed E-state index contributed by atoms with van der Waals surface area (Å²) in [5.41, 5.74) is 6.19. The molecule has 0 unspecified atom stereocenters. The van der Waals surface area contributed by atoms with E-state index < -0.39 is 0 Å². The maximum absolute atomic E-state index is 13.0. The Morgan fingerprint density at radius 1 is 1.53 bits per heavy atom. The van der Waals surface area contributed by atoms with E-state index in [4.69, 9.17) is 5.73 Å². The minimum absolute atomic E-state index is 0.172. The summed E-state index contributed by atoms with van der Waals surface area (Å²) in [6, 6.07) is 4.16. The quantitative estimate of drug-likeness (QED) is 0.743. The molecule has 0 aliphatic carbocycles. The van der Waals surface area contributed by atoms with Gasteiger partial charge in [-0.15, -0.1) is 0 Å². The number of ketones is 1. The number of aromatic amines is 1. The van der Waals surface area contributed by atoms with Gasteiger partial charge in [0.1, 0.15) is 11.5 Å². The first kappa shape index (κ1) is 9.79. The summed E-state index contributed by atoms with van der Waals surface area (Å²) in [6.45, 7) is 0.266. The fourth-order valence-electron chi connectivity index (χ4n) is 1.45. The molecule has 0 spiro atoms. The van der Waals surface area contributed by atoms with Gasteiger partial charge in [0, 0.05) is 11.8 Å². The Morgan fingerprint density at radius 3 is 3.07 bits per heavy atom. The zero-order valence-corrected chi connectivity index (χ0v) is 7.96. The summed E-state index contributed by atoms with van der Waals surface area (Å²) in [5.74, 6) is -0.556. The molecule has 2 rings (SSSR count). The van der Waals surface area contributed by atoms with Crippen LogP contribution in [0.25, 0.3) is 10.9 Å². The van der Waals surface area contributed by atoms with Crippen molar-refractivity contribution >= 4 is 16.7 Å². The molecule has 0 radical (unpaired) electrons. The lowest BCUT2D eigenvalue weighted by atomic mass is 10.1. The van der Waals surface area contributed by atoms with Gasteiger partial charge in [-0.3, -0.25) is 9.89 Å². The fourth-order valence-corrected chi connectivity index (χ4v) is 1.45. The number of fused-ring (bicyclic) bond motifs is 1. The highest BCUT2D eigenvalue weighted by atomic mass is 19.1. The molecule has 3 N–H and O–H groups in total. The number of nitrogens with two attached hydrogens (primary N) is 1. The average Bonchev–Trinajstić information content (AvgIpc) is 2.60. The van der Waals surface area contributed by atoms with Gasteiger partial charge in [0.05, 0.1) is 5.52 Å². The predicted octanol–water partition coefficient (Wildman–Crippen LogP) is 1.23. The zero-order chi connectivity index (χ0) is 10.8. The summed E-state index contributed by atoms with van der Waals surface area (Å²) >= 11 is 0. The standard InChI is InChI=1S/C10H10FN3O/c11-6-1-2-8-7(5-6)10(14-13-8)9(15)3-4-12/h1-2,5H,3-4,12H2,(H,13,14). The van der Waals surface area contributed by atoms with E-state index in [2.05, 4.69) is 10.2 Å². The topological polar surface area (TPSA) is 71.8 Å². The van der Waals surface area contributed by atoms with Gasteiger partial charge in [-0.2, -0.15) is 5.10 Å². The van der Waals surface area contributed by atoms with Crippen LogP contribution >= 0.6 is 0 Å². The highest BCUT2D eigenvalue weighted by molar-refractivity contribution is 6.05. The van der Waals surface area contributed by atoms with Crippen molar-refractivity contribution in [1.29, 1.82) is 0 Å². The molecule has 0 saturated heterocycles. The van der Waals surface area contributed by atoms with Crippen LogP contribution in [0.1, 0.15) is 16.9 Å². The molecule has 0 atom stereocenters. The summed E-state index contributed by atoms with van der Waals surface area (Å²) < 4.78 is 13.0. The monoisotopic (exact) mass is 207 g/mol. The third-order valence-corrected chi connectivity index (χ3v) is 2.16. The second-order valence-corrected chi connectivity index (χ2v) is 3.22. The van der Waals surface area contributed by atoms with E-state index in [0.29, 0.717) is 10.9 Å². The number of benzene rings is 1. The van der Waals surface area contributed by atoms with Crippen molar-refractivity contribution in [2.75, 3.05) is 6.54 Å². The van der Waals surface area contributed by atoms with Crippen LogP contribution in [0.3, 0.4) is 0 Å². The highest BCUT2D eigenvalue weighted by Crippen LogP contribution is 2.18. The van der Waals surface area contributed by atoms with E-state index in [0.717, 1.165) is 0 Å². The number of carbonyl (C=O) groups excluding carboxylic acids is 1.